The van der Waals surface area contributed by atoms with Crippen molar-refractivity contribution in [2.45, 2.75) is 242 Å². The van der Waals surface area contributed by atoms with Crippen LogP contribution in [0.4, 0.5) is 10.5 Å². The summed E-state index contributed by atoms with van der Waals surface area (Å²) in [5.41, 5.74) is -0.336. The second kappa shape index (κ2) is 40.0. The Morgan fingerprint density at radius 2 is 0.950 bits per heavy atom. The largest absolute Gasteiger partial charge is 0.514 e. The highest BCUT2D eigenvalue weighted by Crippen LogP contribution is 2.26. The number of hydrogen-bond acceptors (Lipinski definition) is 19. The van der Waals surface area contributed by atoms with E-state index in [4.69, 9.17) is 14.2 Å². The molecule has 0 bridgehead atoms. The smallest absolute Gasteiger partial charge is 0.460 e. The van der Waals surface area contributed by atoms with Gasteiger partial charge in [-0.3, -0.25) is 67.6 Å². The van der Waals surface area contributed by atoms with Crippen LogP contribution in [0.3, 0.4) is 0 Å². The predicted molar refractivity (Wildman–Crippen MR) is 374 cm³/mol. The molecule has 6 N–H and O–H groups in total. The molecule has 11 amide bonds. The van der Waals surface area contributed by atoms with E-state index < -0.39 is 179 Å². The Labute approximate surface area is 594 Å². The monoisotopic (exact) mass is 1430 g/mol. The van der Waals surface area contributed by atoms with Crippen LogP contribution in [-0.4, -0.2) is 244 Å². The molecule has 1 aromatic rings. The van der Waals surface area contributed by atoms with Crippen LogP contribution in [0.1, 0.15) is 157 Å². The molecule has 0 aliphatic carbocycles. The quantitative estimate of drug-likeness (QED) is 0.0378. The summed E-state index contributed by atoms with van der Waals surface area (Å²) >= 11 is 0. The fraction of sp³-hybridized carbons (Fsp3) is 0.700. The third kappa shape index (κ3) is 25.4. The molecule has 2 rings (SSSR count). The summed E-state index contributed by atoms with van der Waals surface area (Å²) in [7, 11) is 7.54. The average Bonchev–Trinajstić information content (AvgIpc) is 0.799. The van der Waals surface area contributed by atoms with Crippen LogP contribution in [0.2, 0.25) is 0 Å². The maximum atomic E-state index is 15.3. The zero-order chi connectivity index (χ0) is 77.7. The highest BCUT2D eigenvalue weighted by molar-refractivity contribution is 6.00. The number of hydrogen-bond donors (Lipinski definition) is 6. The van der Waals surface area contributed by atoms with Crippen LogP contribution < -0.4 is 31.3 Å². The second-order valence-corrected chi connectivity index (χ2v) is 28.6. The normalized spacial score (nSPS) is 25.5. The van der Waals surface area contributed by atoms with E-state index in [9.17, 15) is 44.0 Å². The van der Waals surface area contributed by atoms with Crippen molar-refractivity contribution in [2.75, 3.05) is 42.3 Å². The molecule has 101 heavy (non-hydrogen) atoms. The van der Waals surface area contributed by atoms with Gasteiger partial charge in [0.2, 0.25) is 65.0 Å². The molecule has 31 nitrogen and oxygen atoms in total. The highest BCUT2D eigenvalue weighted by atomic mass is 16.7. The predicted octanol–water partition coefficient (Wildman–Crippen LogP) is 3.71. The molecule has 1 aromatic carbocycles. The number of carbonyl (C=O) groups excluding carboxylic acids is 13. The lowest BCUT2D eigenvalue weighted by molar-refractivity contribution is -0.384. The van der Waals surface area contributed by atoms with Gasteiger partial charge in [-0.25, -0.2) is 4.79 Å². The van der Waals surface area contributed by atoms with Gasteiger partial charge in [-0.2, -0.15) is 0 Å². The van der Waals surface area contributed by atoms with Crippen molar-refractivity contribution in [1.82, 2.24) is 56.0 Å². The number of ether oxygens (including phenoxy) is 3. The van der Waals surface area contributed by atoms with E-state index >= 15 is 33.6 Å². The third-order valence-electron chi connectivity index (χ3n) is 17.8. The minimum Gasteiger partial charge on any atom is -0.460 e. The van der Waals surface area contributed by atoms with Gasteiger partial charge in [0.25, 0.3) is 5.69 Å². The zero-order valence-electron chi connectivity index (χ0n) is 63.5. The lowest BCUT2D eigenvalue weighted by Crippen LogP contribution is -2.65. The van der Waals surface area contributed by atoms with E-state index in [1.54, 1.807) is 67.5 Å². The standard InChI is InChI=1S/C70H114N12O19/c1-25-26-27-41(12)58(84)57-63(89)75-54(45(16)99-47(18)83)68(94)76(19)44(15)65(91)80(23)56(46(17)100-70(96)101-49-30-28-48(29-31-49)82(97)98)62(88)74-50(32-36(2)3)66(92)78(21)52(34-38(6)7)60(86)71-42(13)59(85)72-43(14)64(90)77(20)53(35-39(8)9)61(87)73-51(33-37(4)5)67(93)79(22)55(40(10)11)69(95)81(57)24/h25-26,28-31,36-46,50-58,84H,27,32-35H2,1-24H3,(H,71,86)(H,72,85)(H,73,87)(H,74,88)(H,75,89)/b26-25+/t41-,42+,43-,44-,45-,46?,50+,51+,52+,53+,54+,55+,56+,57+,58-/m1/s1. The number of nitrogens with zero attached hydrogens (tertiary/aromatic N) is 7. The molecule has 0 saturated carbocycles. The number of aliphatic hydroxyl groups is 1. The van der Waals surface area contributed by atoms with Crippen molar-refractivity contribution in [3.8, 4) is 5.75 Å². The van der Waals surface area contributed by atoms with Crippen LogP contribution in [-0.2, 0) is 67.0 Å². The van der Waals surface area contributed by atoms with Gasteiger partial charge in [0.05, 0.1) is 11.0 Å². The molecule has 31 heteroatoms. The van der Waals surface area contributed by atoms with Crippen LogP contribution >= 0.6 is 0 Å². The van der Waals surface area contributed by atoms with Crippen molar-refractivity contribution >= 4 is 82.8 Å². The second-order valence-electron chi connectivity index (χ2n) is 28.6. The van der Waals surface area contributed by atoms with Gasteiger partial charge in [-0.1, -0.05) is 88.3 Å². The van der Waals surface area contributed by atoms with E-state index in [2.05, 4.69) is 26.6 Å². The molecule has 0 aromatic heterocycles. The van der Waals surface area contributed by atoms with Gasteiger partial charge in [-0.15, -0.1) is 0 Å². The Bertz CT molecular complexity index is 3110. The Morgan fingerprint density at radius 3 is 1.42 bits per heavy atom. The molecule has 1 aliphatic heterocycles. The number of non-ortho nitro benzene ring substituents is 1. The first kappa shape index (κ1) is 88.3. The molecule has 1 fully saturated rings. The van der Waals surface area contributed by atoms with Crippen LogP contribution in [0.25, 0.3) is 0 Å². The van der Waals surface area contributed by atoms with Gasteiger partial charge in [-0.05, 0) is 121 Å². The summed E-state index contributed by atoms with van der Waals surface area (Å²) in [6, 6.07) is -12.4. The van der Waals surface area contributed by atoms with E-state index in [1.165, 1.54) is 62.8 Å². The Balaban J connectivity index is 3.18. The number of esters is 1. The number of likely N-dealkylation sites (N-methyl/N-ethyl adjacent to an activating group) is 6. The number of amides is 11. The lowest BCUT2D eigenvalue weighted by atomic mass is 9.91. The number of nitro benzene ring substituents is 1. The van der Waals surface area contributed by atoms with Crippen molar-refractivity contribution in [2.24, 2.45) is 35.5 Å². The number of nitrogens with one attached hydrogen (secondary N) is 5. The van der Waals surface area contributed by atoms with E-state index in [0.717, 1.165) is 74.7 Å². The molecular weight excluding hydrogens is 1310 g/mol. The number of carbonyl (C=O) groups is 13. The summed E-state index contributed by atoms with van der Waals surface area (Å²) in [5.74, 6) is -13.6. The molecular formula is C70H114N12O19. The summed E-state index contributed by atoms with van der Waals surface area (Å²) < 4.78 is 16.4. The first-order chi connectivity index (χ1) is 46.7. The van der Waals surface area contributed by atoms with Crippen molar-refractivity contribution in [3.05, 3.63) is 46.5 Å². The third-order valence-corrected chi connectivity index (χ3v) is 17.8. The SMILES string of the molecule is C/C=C/C[C@@H](C)[C@@H](O)[C@H]1C(=O)N[C@@H]([C@@H](C)OC(C)=O)C(=O)N(C)[C@H](C)C(=O)N(C)[C@@H](C(C)OC(=O)Oc2ccc([N+](=O)[O-])cc2)C(=O)N[C@@H](CC(C)C)C(=O)N(C)[C@@H](CC(C)C)C(=O)N[C@@H](C)C(=O)N[C@H](C)C(=O)N(C)[C@@H](CC(C)C)C(=O)N[C@@H](CC(C)C)C(=O)N(C)[C@@H](C(C)C)C(=O)N1C. The molecule has 1 heterocycles. The lowest BCUT2D eigenvalue weighted by Gasteiger charge is -2.40. The number of nitro groups is 1. The average molecular weight is 1430 g/mol. The van der Waals surface area contributed by atoms with Crippen molar-refractivity contribution in [1.29, 1.82) is 0 Å². The van der Waals surface area contributed by atoms with E-state index in [1.807, 2.05) is 27.7 Å². The Hall–Kier alpha value is -8.77. The molecule has 568 valence electrons. The number of rotatable bonds is 19. The summed E-state index contributed by atoms with van der Waals surface area (Å²) in [6.45, 7) is 28.4. The topological polar surface area (TPSA) is 393 Å². The van der Waals surface area contributed by atoms with Crippen LogP contribution in [0.15, 0.2) is 36.4 Å². The van der Waals surface area contributed by atoms with Crippen LogP contribution in [0.5, 0.6) is 5.75 Å². The summed E-state index contributed by atoms with van der Waals surface area (Å²) in [4.78, 5) is 207. The minimum atomic E-state index is -1.91. The molecule has 15 atom stereocenters. The van der Waals surface area contributed by atoms with Gasteiger partial charge in [0, 0.05) is 61.3 Å². The number of allylic oxidation sites excluding steroid dienone is 2. The van der Waals surface area contributed by atoms with Crippen molar-refractivity contribution < 1.29 is 86.6 Å². The first-order valence-electron chi connectivity index (χ1n) is 34.5. The minimum absolute atomic E-state index is 0.0195. The van der Waals surface area contributed by atoms with E-state index in [-0.39, 0.29) is 67.2 Å². The molecule has 0 spiro atoms. The number of benzene rings is 1. The first-order valence-corrected chi connectivity index (χ1v) is 34.5. The summed E-state index contributed by atoms with van der Waals surface area (Å²) in [5, 5.41) is 37.1. The Kier molecular flexibility index (Phi) is 35.0. The molecule has 0 radical (unpaired) electrons. The fourth-order valence-electron chi connectivity index (χ4n) is 11.9. The van der Waals surface area contributed by atoms with Gasteiger partial charge in [0.15, 0.2) is 0 Å². The highest BCUT2D eigenvalue weighted by Gasteiger charge is 2.47. The Morgan fingerprint density at radius 1 is 0.515 bits per heavy atom. The van der Waals surface area contributed by atoms with Gasteiger partial charge < -0.3 is 75.3 Å². The zero-order valence-corrected chi connectivity index (χ0v) is 63.5. The fourth-order valence-corrected chi connectivity index (χ4v) is 11.9. The number of aliphatic hydroxyl groups excluding tert-OH is 1. The van der Waals surface area contributed by atoms with Gasteiger partial charge >= 0.3 is 12.1 Å². The van der Waals surface area contributed by atoms with Crippen molar-refractivity contribution in [3.63, 3.8) is 0 Å². The maximum absolute atomic E-state index is 15.3. The van der Waals surface area contributed by atoms with Crippen LogP contribution in [0, 0.1) is 45.6 Å². The van der Waals surface area contributed by atoms with E-state index in [0.29, 0.717) is 0 Å². The maximum Gasteiger partial charge on any atom is 0.514 e. The molecule has 1 saturated heterocycles. The summed E-state index contributed by atoms with van der Waals surface area (Å²) in [6.07, 6.45) is -2.76. The molecule has 1 aliphatic rings. The molecule has 1 unspecified atom stereocenters. The van der Waals surface area contributed by atoms with Gasteiger partial charge in [0.1, 0.15) is 84.4 Å².